The first kappa shape index (κ1) is 27.8. The quantitative estimate of drug-likeness (QED) is 0.277. The molecule has 4 aromatic rings. The van der Waals surface area contributed by atoms with E-state index in [2.05, 4.69) is 19.8 Å². The fourth-order valence-electron chi connectivity index (χ4n) is 4.06. The smallest absolute Gasteiger partial charge is 0.338 e. The van der Waals surface area contributed by atoms with Crippen LogP contribution in [0.2, 0.25) is 0 Å². The number of aromatic amines is 1. The van der Waals surface area contributed by atoms with Gasteiger partial charge in [-0.2, -0.15) is 0 Å². The van der Waals surface area contributed by atoms with Crippen molar-refractivity contribution in [2.24, 2.45) is 0 Å². The molecule has 1 unspecified atom stereocenters. The molecule has 11 nitrogen and oxygen atoms in total. The molecule has 4 rings (SSSR count). The van der Waals surface area contributed by atoms with E-state index in [1.165, 1.54) is 47.0 Å². The minimum atomic E-state index is -4.05. The summed E-state index contributed by atoms with van der Waals surface area (Å²) in [5.41, 5.74) is 1.38. The number of ether oxygens (including phenoxy) is 2. The summed E-state index contributed by atoms with van der Waals surface area (Å²) in [6, 6.07) is 10.2. The normalized spacial score (nSPS) is 12.3. The Labute approximate surface area is 226 Å². The number of fused-ring (bicyclic) bond motifs is 1. The molecule has 0 radical (unpaired) electrons. The lowest BCUT2D eigenvalue weighted by molar-refractivity contribution is 0.0526. The number of carbonyl (C=O) groups excluding carboxylic acids is 1. The molecule has 0 fully saturated rings. The van der Waals surface area contributed by atoms with Crippen molar-refractivity contribution in [3.05, 3.63) is 69.9 Å². The Morgan fingerprint density at radius 3 is 2.46 bits per heavy atom. The van der Waals surface area contributed by atoms with Crippen LogP contribution in [0.25, 0.3) is 16.9 Å². The Hall–Kier alpha value is -4.19. The van der Waals surface area contributed by atoms with Crippen LogP contribution in [0.3, 0.4) is 0 Å². The molecule has 0 aliphatic carbocycles. The highest BCUT2D eigenvalue weighted by molar-refractivity contribution is 7.92. The molecule has 206 valence electrons. The molecule has 2 N–H and O–H groups in total. The molecule has 12 heteroatoms. The van der Waals surface area contributed by atoms with Gasteiger partial charge >= 0.3 is 5.97 Å². The largest absolute Gasteiger partial charge is 0.493 e. The number of imidazole rings is 1. The van der Waals surface area contributed by atoms with Crippen molar-refractivity contribution < 1.29 is 22.7 Å². The van der Waals surface area contributed by atoms with Crippen LogP contribution in [0, 0.1) is 6.92 Å². The minimum absolute atomic E-state index is 0.0471. The first-order valence-corrected chi connectivity index (χ1v) is 14.1. The van der Waals surface area contributed by atoms with Gasteiger partial charge in [0.2, 0.25) is 0 Å². The summed E-state index contributed by atoms with van der Waals surface area (Å²) in [6.45, 7) is 9.83. The van der Waals surface area contributed by atoms with Crippen LogP contribution in [0.1, 0.15) is 61.9 Å². The van der Waals surface area contributed by atoms with E-state index in [0.717, 1.165) is 6.42 Å². The lowest BCUT2D eigenvalue weighted by atomic mass is 10.1. The number of rotatable bonds is 10. The van der Waals surface area contributed by atoms with Gasteiger partial charge < -0.3 is 14.5 Å². The van der Waals surface area contributed by atoms with Crippen molar-refractivity contribution >= 4 is 27.2 Å². The van der Waals surface area contributed by atoms with Gasteiger partial charge in [0.15, 0.2) is 11.3 Å². The molecule has 0 spiro atoms. The van der Waals surface area contributed by atoms with Crippen LogP contribution in [0.15, 0.2) is 52.2 Å². The van der Waals surface area contributed by atoms with E-state index in [1.807, 2.05) is 13.8 Å². The van der Waals surface area contributed by atoms with Crippen molar-refractivity contribution in [3.8, 4) is 17.1 Å². The molecule has 2 aromatic carbocycles. The number of sulfonamides is 1. The zero-order valence-electron chi connectivity index (χ0n) is 22.4. The van der Waals surface area contributed by atoms with Gasteiger partial charge in [-0.25, -0.2) is 22.7 Å². The number of hydrogen-bond donors (Lipinski definition) is 2. The van der Waals surface area contributed by atoms with Gasteiger partial charge in [-0.05, 0) is 69.7 Å². The highest BCUT2D eigenvalue weighted by Gasteiger charge is 2.22. The Bertz CT molecular complexity index is 1680. The highest BCUT2D eigenvalue weighted by Crippen LogP contribution is 2.31. The Morgan fingerprint density at radius 1 is 1.10 bits per heavy atom. The van der Waals surface area contributed by atoms with Gasteiger partial charge in [0.1, 0.15) is 11.6 Å². The van der Waals surface area contributed by atoms with Crippen LogP contribution in [-0.2, 0) is 14.8 Å². The summed E-state index contributed by atoms with van der Waals surface area (Å²) in [5, 5.41) is 4.65. The Balaban J connectivity index is 1.77. The molecule has 1 atom stereocenters. The van der Waals surface area contributed by atoms with E-state index in [4.69, 9.17) is 9.47 Å². The molecule has 39 heavy (non-hydrogen) atoms. The van der Waals surface area contributed by atoms with E-state index >= 15 is 0 Å². The molecule has 0 aliphatic heterocycles. The number of nitrogens with one attached hydrogen (secondary N) is 2. The van der Waals surface area contributed by atoms with E-state index < -0.39 is 21.6 Å². The third-order valence-corrected chi connectivity index (χ3v) is 7.60. The summed E-state index contributed by atoms with van der Waals surface area (Å²) < 4.78 is 41.3. The van der Waals surface area contributed by atoms with Gasteiger partial charge in [0.25, 0.3) is 15.6 Å². The van der Waals surface area contributed by atoms with Crippen molar-refractivity contribution in [1.82, 2.24) is 19.6 Å². The summed E-state index contributed by atoms with van der Waals surface area (Å²) in [5.74, 6) is 0.706. The molecule has 2 heterocycles. The Morgan fingerprint density at radius 2 is 1.82 bits per heavy atom. The number of aryl methyl sites for hydroxylation is 1. The SMILES string of the molecule is CCOC(=O)c1ccc(NS(=O)(=O)c2ccc(OCC)c(-c3nn4c(C(C)CC)nc(C)c4c(=O)[nH]3)c2)cc1. The zero-order valence-corrected chi connectivity index (χ0v) is 23.3. The van der Waals surface area contributed by atoms with Crippen LogP contribution in [0.5, 0.6) is 5.75 Å². The summed E-state index contributed by atoms with van der Waals surface area (Å²) in [4.78, 5) is 32.2. The van der Waals surface area contributed by atoms with E-state index in [-0.39, 0.29) is 28.9 Å². The maximum Gasteiger partial charge on any atom is 0.338 e. The average molecular weight is 554 g/mol. The minimum Gasteiger partial charge on any atom is -0.493 e. The third kappa shape index (κ3) is 5.65. The average Bonchev–Trinajstić information content (AvgIpc) is 3.25. The molecular formula is C27H31N5O6S. The van der Waals surface area contributed by atoms with Gasteiger partial charge in [0.05, 0.1) is 34.9 Å². The number of esters is 1. The summed E-state index contributed by atoms with van der Waals surface area (Å²) >= 11 is 0. The third-order valence-electron chi connectivity index (χ3n) is 6.22. The van der Waals surface area contributed by atoms with Crippen LogP contribution in [-0.4, -0.2) is 47.2 Å². The maximum absolute atomic E-state index is 13.3. The number of carbonyl (C=O) groups is 1. The van der Waals surface area contributed by atoms with Gasteiger partial charge in [0, 0.05) is 11.6 Å². The molecular weight excluding hydrogens is 522 g/mol. The lowest BCUT2D eigenvalue weighted by Gasteiger charge is -2.14. The van der Waals surface area contributed by atoms with Crippen LogP contribution < -0.4 is 15.0 Å². The zero-order chi connectivity index (χ0) is 28.3. The molecule has 0 saturated heterocycles. The molecule has 0 bridgehead atoms. The lowest BCUT2D eigenvalue weighted by Crippen LogP contribution is -2.17. The Kier molecular flexibility index (Phi) is 8.05. The number of nitrogens with zero attached hydrogens (tertiary/aromatic N) is 3. The predicted molar refractivity (Wildman–Crippen MR) is 147 cm³/mol. The molecule has 0 aliphatic rings. The number of aromatic nitrogens is 4. The van der Waals surface area contributed by atoms with Crippen LogP contribution in [0.4, 0.5) is 5.69 Å². The second kappa shape index (κ2) is 11.3. The van der Waals surface area contributed by atoms with Gasteiger partial charge in [-0.1, -0.05) is 13.8 Å². The molecule has 0 amide bonds. The van der Waals surface area contributed by atoms with E-state index in [0.29, 0.717) is 40.5 Å². The van der Waals surface area contributed by atoms with Crippen molar-refractivity contribution in [1.29, 1.82) is 0 Å². The fraction of sp³-hybridized carbons (Fsp3) is 0.333. The second-order valence-electron chi connectivity index (χ2n) is 8.92. The highest BCUT2D eigenvalue weighted by atomic mass is 32.2. The second-order valence-corrected chi connectivity index (χ2v) is 10.6. The van der Waals surface area contributed by atoms with E-state index in [1.54, 1.807) is 20.8 Å². The molecule has 0 saturated carbocycles. The first-order chi connectivity index (χ1) is 18.6. The van der Waals surface area contributed by atoms with Crippen LogP contribution >= 0.6 is 0 Å². The van der Waals surface area contributed by atoms with Crippen molar-refractivity contribution in [2.75, 3.05) is 17.9 Å². The van der Waals surface area contributed by atoms with Crippen molar-refractivity contribution in [2.45, 2.75) is 51.9 Å². The topological polar surface area (TPSA) is 145 Å². The molecule has 2 aromatic heterocycles. The van der Waals surface area contributed by atoms with Gasteiger partial charge in [-0.15, -0.1) is 5.10 Å². The van der Waals surface area contributed by atoms with E-state index in [9.17, 15) is 18.0 Å². The predicted octanol–water partition coefficient (Wildman–Crippen LogP) is 4.28. The number of H-pyrrole nitrogens is 1. The van der Waals surface area contributed by atoms with Gasteiger partial charge in [-0.3, -0.25) is 9.52 Å². The summed E-state index contributed by atoms with van der Waals surface area (Å²) in [6.07, 6.45) is 0.798. The maximum atomic E-state index is 13.3. The number of hydrogen-bond acceptors (Lipinski definition) is 8. The van der Waals surface area contributed by atoms with Crippen molar-refractivity contribution in [3.63, 3.8) is 0 Å². The first-order valence-electron chi connectivity index (χ1n) is 12.7. The number of anilines is 1. The fourth-order valence-corrected chi connectivity index (χ4v) is 5.15. The number of benzene rings is 2. The monoisotopic (exact) mass is 553 g/mol. The summed E-state index contributed by atoms with van der Waals surface area (Å²) in [7, 11) is -4.05. The standard InChI is InChI=1S/C27H31N5O6S/c1-6-16(4)25-28-17(5)23-26(33)29-24(30-32(23)25)21-15-20(13-14-22(21)37-7-2)39(35,36)31-19-11-9-18(10-12-19)27(34)38-8-3/h9-16,31H,6-8H2,1-5H3,(H,29,30,33).